The molecule has 1 aliphatic rings. The van der Waals surface area contributed by atoms with Gasteiger partial charge in [0.2, 0.25) is 5.69 Å². The molecule has 0 atom stereocenters. The van der Waals surface area contributed by atoms with Crippen LogP contribution >= 0.6 is 11.6 Å². The zero-order valence-electron chi connectivity index (χ0n) is 18.9. The lowest BCUT2D eigenvalue weighted by Crippen LogP contribution is -2.40. The number of ether oxygens (including phenoxy) is 3. The van der Waals surface area contributed by atoms with E-state index in [-0.39, 0.29) is 0 Å². The molecule has 0 radical (unpaired) electrons. The Hall–Kier alpha value is -3.44. The van der Waals surface area contributed by atoms with Gasteiger partial charge in [0.25, 0.3) is 0 Å². The number of aryl methyl sites for hydroxylation is 2. The van der Waals surface area contributed by atoms with Gasteiger partial charge in [0.15, 0.2) is 24.2 Å². The van der Waals surface area contributed by atoms with Crippen molar-refractivity contribution in [3.05, 3.63) is 76.9 Å². The zero-order chi connectivity index (χ0) is 22.9. The number of fused-ring (bicyclic) bond motifs is 4. The maximum Gasteiger partial charge on any atom is 0.213 e. The third kappa shape index (κ3) is 3.93. The fraction of sp³-hybridized carbons (Fsp3) is 0.222. The van der Waals surface area contributed by atoms with Gasteiger partial charge in [-0.05, 0) is 46.8 Å². The molecule has 0 saturated carbocycles. The number of anilines is 1. The van der Waals surface area contributed by atoms with E-state index in [1.807, 2.05) is 30.3 Å². The van der Waals surface area contributed by atoms with E-state index in [0.29, 0.717) is 6.54 Å². The highest BCUT2D eigenvalue weighted by atomic mass is 35.5. The highest BCUT2D eigenvalue weighted by molar-refractivity contribution is 6.30. The molecular weight excluding hydrogens is 436 g/mol. The van der Waals surface area contributed by atoms with Gasteiger partial charge in [-0.15, -0.1) is 0 Å². The molecule has 5 rings (SSSR count). The van der Waals surface area contributed by atoms with Crippen LogP contribution in [0.15, 0.2) is 60.8 Å². The molecule has 168 valence electrons. The first kappa shape index (κ1) is 21.4. The van der Waals surface area contributed by atoms with E-state index in [4.69, 9.17) is 25.8 Å². The second-order valence-corrected chi connectivity index (χ2v) is 8.53. The summed E-state index contributed by atoms with van der Waals surface area (Å²) >= 11 is 6.04. The minimum absolute atomic E-state index is 0.675. The molecule has 2 heterocycles. The fourth-order valence-electron chi connectivity index (χ4n) is 4.51. The minimum atomic E-state index is 0.675. The Morgan fingerprint density at radius 2 is 1.61 bits per heavy atom. The Balaban J connectivity index is 1.59. The van der Waals surface area contributed by atoms with Gasteiger partial charge in [0.05, 0.1) is 38.0 Å². The lowest BCUT2D eigenvalue weighted by molar-refractivity contribution is -0.686. The lowest BCUT2D eigenvalue weighted by Gasteiger charge is -2.19. The summed E-state index contributed by atoms with van der Waals surface area (Å²) in [6.07, 6.45) is 3.15. The summed E-state index contributed by atoms with van der Waals surface area (Å²) in [6, 6.07) is 18.4. The second kappa shape index (κ2) is 8.83. The number of methoxy groups -OCH3 is 3. The number of rotatable bonds is 6. The standard InChI is InChI=1S/C27H25ClN2O3/c1-31-24-9-6-18-12-23-21-14-26(33-3)25(32-2)13-19(21)10-11-30(23)16-22(18)27(24)29-15-17-4-7-20(28)8-5-17/h4-9,12-14,16H,10-11,15H2,1-3H3/p+1. The summed E-state index contributed by atoms with van der Waals surface area (Å²) in [5, 5.41) is 6.58. The highest BCUT2D eigenvalue weighted by Crippen LogP contribution is 2.39. The van der Waals surface area contributed by atoms with Crippen LogP contribution in [0.2, 0.25) is 5.02 Å². The molecule has 1 aliphatic heterocycles. The van der Waals surface area contributed by atoms with Crippen LogP contribution in [0.4, 0.5) is 5.69 Å². The summed E-state index contributed by atoms with van der Waals surface area (Å²) in [5.74, 6) is 2.33. The molecule has 0 unspecified atom stereocenters. The van der Waals surface area contributed by atoms with Crippen LogP contribution in [0, 0.1) is 0 Å². The molecule has 1 N–H and O–H groups in total. The molecule has 4 aromatic rings. The summed E-state index contributed by atoms with van der Waals surface area (Å²) in [5.41, 5.74) is 5.74. The highest BCUT2D eigenvalue weighted by Gasteiger charge is 2.27. The molecule has 6 heteroatoms. The van der Waals surface area contributed by atoms with Gasteiger partial charge in [0, 0.05) is 24.1 Å². The molecule has 0 saturated heterocycles. The Kier molecular flexibility index (Phi) is 5.73. The Bertz CT molecular complexity index is 1340. The maximum atomic E-state index is 6.04. The maximum absolute atomic E-state index is 6.04. The number of nitrogens with one attached hydrogen (secondary N) is 1. The van der Waals surface area contributed by atoms with Gasteiger partial charge in [-0.1, -0.05) is 29.8 Å². The monoisotopic (exact) mass is 461 g/mol. The van der Waals surface area contributed by atoms with E-state index in [9.17, 15) is 0 Å². The third-order valence-corrected chi connectivity index (χ3v) is 6.49. The zero-order valence-corrected chi connectivity index (χ0v) is 19.7. The largest absolute Gasteiger partial charge is 0.495 e. The molecule has 3 aromatic carbocycles. The molecule has 0 aliphatic carbocycles. The summed E-state index contributed by atoms with van der Waals surface area (Å²) in [6.45, 7) is 1.57. The van der Waals surface area contributed by atoms with Crippen LogP contribution in [0.5, 0.6) is 17.2 Å². The molecule has 0 bridgehead atoms. The lowest BCUT2D eigenvalue weighted by atomic mass is 9.95. The van der Waals surface area contributed by atoms with Gasteiger partial charge in [-0.25, -0.2) is 0 Å². The number of pyridine rings is 1. The first-order chi connectivity index (χ1) is 16.1. The van der Waals surface area contributed by atoms with E-state index in [2.05, 4.69) is 40.3 Å². The number of hydrogen-bond acceptors (Lipinski definition) is 4. The Morgan fingerprint density at radius 3 is 2.33 bits per heavy atom. The second-order valence-electron chi connectivity index (χ2n) is 8.09. The van der Waals surface area contributed by atoms with Crippen molar-refractivity contribution >= 4 is 28.1 Å². The van der Waals surface area contributed by atoms with Crippen LogP contribution in [0.25, 0.3) is 22.0 Å². The van der Waals surface area contributed by atoms with E-state index < -0.39 is 0 Å². The van der Waals surface area contributed by atoms with Crippen molar-refractivity contribution in [3.63, 3.8) is 0 Å². The van der Waals surface area contributed by atoms with Crippen molar-refractivity contribution in [2.45, 2.75) is 19.5 Å². The Labute approximate surface area is 198 Å². The average Bonchev–Trinajstić information content (AvgIpc) is 2.86. The predicted molar refractivity (Wildman–Crippen MR) is 132 cm³/mol. The minimum Gasteiger partial charge on any atom is -0.495 e. The first-order valence-electron chi connectivity index (χ1n) is 10.9. The summed E-state index contributed by atoms with van der Waals surface area (Å²) in [7, 11) is 5.05. The van der Waals surface area contributed by atoms with Crippen molar-refractivity contribution in [2.24, 2.45) is 0 Å². The van der Waals surface area contributed by atoms with Gasteiger partial charge in [-0.3, -0.25) is 0 Å². The molecule has 1 aromatic heterocycles. The van der Waals surface area contributed by atoms with Crippen molar-refractivity contribution in [2.75, 3.05) is 26.6 Å². The topological polar surface area (TPSA) is 43.6 Å². The van der Waals surface area contributed by atoms with E-state index in [1.165, 1.54) is 16.8 Å². The SMILES string of the molecule is COc1cc2c(cc1OC)-c1cc3ccc(OC)c(NCc4ccc(Cl)cc4)c3c[n+]1CC2. The molecule has 0 spiro atoms. The first-order valence-corrected chi connectivity index (χ1v) is 11.3. The number of benzene rings is 3. The molecule has 5 nitrogen and oxygen atoms in total. The third-order valence-electron chi connectivity index (χ3n) is 6.24. The smallest absolute Gasteiger partial charge is 0.213 e. The van der Waals surface area contributed by atoms with Crippen LogP contribution in [-0.4, -0.2) is 21.3 Å². The van der Waals surface area contributed by atoms with E-state index in [0.717, 1.165) is 57.3 Å². The molecular formula is C27H26ClN2O3+. The van der Waals surface area contributed by atoms with Crippen molar-refractivity contribution in [1.82, 2.24) is 0 Å². The predicted octanol–water partition coefficient (Wildman–Crippen LogP) is 5.64. The summed E-state index contributed by atoms with van der Waals surface area (Å²) in [4.78, 5) is 0. The van der Waals surface area contributed by atoms with Crippen LogP contribution in [0.3, 0.4) is 0 Å². The van der Waals surface area contributed by atoms with E-state index in [1.54, 1.807) is 21.3 Å². The van der Waals surface area contributed by atoms with E-state index >= 15 is 0 Å². The van der Waals surface area contributed by atoms with Crippen LogP contribution in [0.1, 0.15) is 11.1 Å². The van der Waals surface area contributed by atoms with Gasteiger partial charge < -0.3 is 19.5 Å². The molecule has 33 heavy (non-hydrogen) atoms. The normalized spacial score (nSPS) is 12.1. The fourth-order valence-corrected chi connectivity index (χ4v) is 4.63. The number of nitrogens with zero attached hydrogens (tertiary/aromatic N) is 1. The van der Waals surface area contributed by atoms with Crippen molar-refractivity contribution in [1.29, 1.82) is 0 Å². The van der Waals surface area contributed by atoms with Gasteiger partial charge >= 0.3 is 0 Å². The van der Waals surface area contributed by atoms with Crippen LogP contribution < -0.4 is 24.1 Å². The van der Waals surface area contributed by atoms with Gasteiger partial charge in [-0.2, -0.15) is 4.57 Å². The number of halogens is 1. The number of hydrogen-bond donors (Lipinski definition) is 1. The van der Waals surface area contributed by atoms with Crippen molar-refractivity contribution < 1.29 is 18.8 Å². The quantitative estimate of drug-likeness (QED) is 0.377. The average molecular weight is 462 g/mol. The molecule has 0 fully saturated rings. The van der Waals surface area contributed by atoms with Gasteiger partial charge in [0.1, 0.15) is 5.75 Å². The summed E-state index contributed by atoms with van der Waals surface area (Å²) < 4.78 is 19.1. The van der Waals surface area contributed by atoms with Crippen molar-refractivity contribution in [3.8, 4) is 28.5 Å². The molecule has 0 amide bonds. The number of aromatic nitrogens is 1. The van der Waals surface area contributed by atoms with Crippen LogP contribution in [-0.2, 0) is 19.5 Å². The Morgan fingerprint density at radius 1 is 0.879 bits per heavy atom.